The molecule has 0 radical (unpaired) electrons. The fraction of sp³-hybridized carbons (Fsp3) is 1.00. The zero-order chi connectivity index (χ0) is 12.8. The van der Waals surface area contributed by atoms with Crippen molar-refractivity contribution in [1.29, 1.82) is 0 Å². The van der Waals surface area contributed by atoms with Gasteiger partial charge in [-0.05, 0) is 26.4 Å². The molecule has 0 N–H and O–H groups in total. The number of nitrogens with zero attached hydrogens (tertiary/aromatic N) is 1. The molecule has 0 rings (SSSR count). The van der Waals surface area contributed by atoms with E-state index in [0.717, 1.165) is 38.7 Å². The van der Waals surface area contributed by atoms with E-state index >= 15 is 0 Å². The van der Waals surface area contributed by atoms with Gasteiger partial charge in [-0.1, -0.05) is 27.7 Å². The van der Waals surface area contributed by atoms with Gasteiger partial charge in [-0.3, -0.25) is 0 Å². The Morgan fingerprint density at radius 2 is 1.38 bits per heavy atom. The molecule has 0 aromatic carbocycles. The summed E-state index contributed by atoms with van der Waals surface area (Å²) in [5, 5.41) is 0. The van der Waals surface area contributed by atoms with Crippen molar-refractivity contribution in [2.75, 3.05) is 47.1 Å². The summed E-state index contributed by atoms with van der Waals surface area (Å²) in [6.07, 6.45) is 1.14. The molecule has 0 amide bonds. The zero-order valence-corrected chi connectivity index (χ0v) is 12.1. The van der Waals surface area contributed by atoms with Crippen LogP contribution in [0.15, 0.2) is 0 Å². The van der Waals surface area contributed by atoms with Crippen molar-refractivity contribution in [3.8, 4) is 0 Å². The van der Waals surface area contributed by atoms with Gasteiger partial charge in [0.2, 0.25) is 0 Å². The molecule has 0 heterocycles. The lowest BCUT2D eigenvalue weighted by atomic mass is 10.1. The third-order valence-electron chi connectivity index (χ3n) is 1.89. The SMILES string of the molecule is CC.CC(C)CCOCCOCCN(C)C. The van der Waals surface area contributed by atoms with E-state index in [4.69, 9.17) is 9.47 Å². The normalized spacial score (nSPS) is 10.5. The topological polar surface area (TPSA) is 21.7 Å². The molecule has 0 spiro atoms. The molecular formula is C13H31NO2. The fourth-order valence-corrected chi connectivity index (χ4v) is 0.888. The molecule has 100 valence electrons. The van der Waals surface area contributed by atoms with Crippen molar-refractivity contribution in [3.05, 3.63) is 0 Å². The standard InChI is InChI=1S/C11H25NO2.C2H6/c1-11(2)5-7-13-9-10-14-8-6-12(3)4;1-2/h11H,5-10H2,1-4H3;1-2H3. The first kappa shape index (κ1) is 18.3. The maximum absolute atomic E-state index is 5.41. The second kappa shape index (κ2) is 14.9. The monoisotopic (exact) mass is 233 g/mol. The maximum Gasteiger partial charge on any atom is 0.0701 e. The van der Waals surface area contributed by atoms with Gasteiger partial charge in [-0.25, -0.2) is 0 Å². The molecule has 3 nitrogen and oxygen atoms in total. The van der Waals surface area contributed by atoms with E-state index in [1.165, 1.54) is 0 Å². The summed E-state index contributed by atoms with van der Waals surface area (Å²) in [5.41, 5.74) is 0. The van der Waals surface area contributed by atoms with Gasteiger partial charge in [-0.15, -0.1) is 0 Å². The second-order valence-electron chi connectivity index (χ2n) is 4.21. The summed E-state index contributed by atoms with van der Waals surface area (Å²) >= 11 is 0. The second-order valence-corrected chi connectivity index (χ2v) is 4.21. The van der Waals surface area contributed by atoms with E-state index in [2.05, 4.69) is 18.7 Å². The van der Waals surface area contributed by atoms with Gasteiger partial charge >= 0.3 is 0 Å². The van der Waals surface area contributed by atoms with Gasteiger partial charge in [0.25, 0.3) is 0 Å². The minimum atomic E-state index is 0.714. The van der Waals surface area contributed by atoms with Gasteiger partial charge in [0.05, 0.1) is 19.8 Å². The van der Waals surface area contributed by atoms with E-state index < -0.39 is 0 Å². The van der Waals surface area contributed by atoms with E-state index in [9.17, 15) is 0 Å². The molecule has 0 saturated carbocycles. The predicted octanol–water partition coefficient (Wildman–Crippen LogP) is 2.65. The van der Waals surface area contributed by atoms with Crippen LogP contribution in [0.1, 0.15) is 34.1 Å². The Hall–Kier alpha value is -0.120. The molecule has 0 saturated heterocycles. The lowest BCUT2D eigenvalue weighted by molar-refractivity contribution is 0.0393. The van der Waals surface area contributed by atoms with Crippen molar-refractivity contribution >= 4 is 0 Å². The summed E-state index contributed by atoms with van der Waals surface area (Å²) < 4.78 is 10.8. The Labute approximate surface area is 102 Å². The lowest BCUT2D eigenvalue weighted by Gasteiger charge is -2.10. The van der Waals surface area contributed by atoms with Crippen LogP contribution in [0.4, 0.5) is 0 Å². The smallest absolute Gasteiger partial charge is 0.0701 e. The summed E-state index contributed by atoms with van der Waals surface area (Å²) in [4.78, 5) is 2.11. The van der Waals surface area contributed by atoms with Gasteiger partial charge in [0.15, 0.2) is 0 Å². The van der Waals surface area contributed by atoms with Crippen LogP contribution in [0.5, 0.6) is 0 Å². The minimum Gasteiger partial charge on any atom is -0.379 e. The van der Waals surface area contributed by atoms with Crippen LogP contribution in [-0.2, 0) is 9.47 Å². The Morgan fingerprint density at radius 3 is 1.81 bits per heavy atom. The number of ether oxygens (including phenoxy) is 2. The molecule has 0 aliphatic heterocycles. The fourth-order valence-electron chi connectivity index (χ4n) is 0.888. The van der Waals surface area contributed by atoms with E-state index in [-0.39, 0.29) is 0 Å². The van der Waals surface area contributed by atoms with Gasteiger partial charge in [0, 0.05) is 13.2 Å². The first-order valence-corrected chi connectivity index (χ1v) is 6.43. The quantitative estimate of drug-likeness (QED) is 0.572. The number of hydrogen-bond acceptors (Lipinski definition) is 3. The molecule has 0 bridgehead atoms. The molecule has 0 atom stereocenters. The third-order valence-corrected chi connectivity index (χ3v) is 1.89. The van der Waals surface area contributed by atoms with Crippen molar-refractivity contribution < 1.29 is 9.47 Å². The zero-order valence-electron chi connectivity index (χ0n) is 12.1. The van der Waals surface area contributed by atoms with Crippen molar-refractivity contribution in [1.82, 2.24) is 4.90 Å². The molecule has 0 aliphatic carbocycles. The Balaban J connectivity index is 0. The Kier molecular flexibility index (Phi) is 17.0. The van der Waals surface area contributed by atoms with Crippen LogP contribution in [-0.4, -0.2) is 52.0 Å². The number of likely N-dealkylation sites (N-methyl/N-ethyl adjacent to an activating group) is 1. The maximum atomic E-state index is 5.41. The summed E-state index contributed by atoms with van der Waals surface area (Å²) in [7, 11) is 4.09. The molecule has 0 unspecified atom stereocenters. The molecule has 3 heteroatoms. The summed E-state index contributed by atoms with van der Waals surface area (Å²) in [6, 6.07) is 0. The van der Waals surface area contributed by atoms with Crippen LogP contribution in [0.25, 0.3) is 0 Å². The molecule has 0 aromatic rings. The highest BCUT2D eigenvalue weighted by Gasteiger charge is 1.94. The first-order valence-electron chi connectivity index (χ1n) is 6.43. The van der Waals surface area contributed by atoms with E-state index in [0.29, 0.717) is 6.61 Å². The van der Waals surface area contributed by atoms with E-state index in [1.54, 1.807) is 0 Å². The number of rotatable bonds is 9. The molecule has 0 aliphatic rings. The van der Waals surface area contributed by atoms with Crippen molar-refractivity contribution in [2.24, 2.45) is 5.92 Å². The van der Waals surface area contributed by atoms with E-state index in [1.807, 2.05) is 27.9 Å². The highest BCUT2D eigenvalue weighted by Crippen LogP contribution is 1.98. The van der Waals surface area contributed by atoms with Crippen LogP contribution >= 0.6 is 0 Å². The number of hydrogen-bond donors (Lipinski definition) is 0. The van der Waals surface area contributed by atoms with Crippen LogP contribution < -0.4 is 0 Å². The van der Waals surface area contributed by atoms with Crippen LogP contribution in [0.2, 0.25) is 0 Å². The average molecular weight is 233 g/mol. The highest BCUT2D eigenvalue weighted by atomic mass is 16.5. The van der Waals surface area contributed by atoms with Crippen LogP contribution in [0, 0.1) is 5.92 Å². The summed E-state index contributed by atoms with van der Waals surface area (Å²) in [5.74, 6) is 0.727. The Bertz CT molecular complexity index is 103. The molecule has 0 fully saturated rings. The minimum absolute atomic E-state index is 0.714. The third kappa shape index (κ3) is 19.5. The first-order chi connectivity index (χ1) is 7.63. The largest absolute Gasteiger partial charge is 0.379 e. The molecule has 16 heavy (non-hydrogen) atoms. The molecule has 0 aromatic heterocycles. The van der Waals surface area contributed by atoms with Gasteiger partial charge in [0.1, 0.15) is 0 Å². The summed E-state index contributed by atoms with van der Waals surface area (Å²) in [6.45, 7) is 12.5. The Morgan fingerprint density at radius 1 is 0.875 bits per heavy atom. The highest BCUT2D eigenvalue weighted by molar-refractivity contribution is 4.43. The van der Waals surface area contributed by atoms with Gasteiger partial charge < -0.3 is 14.4 Å². The van der Waals surface area contributed by atoms with Crippen LogP contribution in [0.3, 0.4) is 0 Å². The van der Waals surface area contributed by atoms with Crippen molar-refractivity contribution in [3.63, 3.8) is 0 Å². The predicted molar refractivity (Wildman–Crippen MR) is 71.0 cm³/mol. The average Bonchev–Trinajstić information content (AvgIpc) is 2.24. The van der Waals surface area contributed by atoms with Gasteiger partial charge in [-0.2, -0.15) is 0 Å². The van der Waals surface area contributed by atoms with Crippen molar-refractivity contribution in [2.45, 2.75) is 34.1 Å². The molecular weight excluding hydrogens is 202 g/mol. The lowest BCUT2D eigenvalue weighted by Crippen LogP contribution is -2.19.